The highest BCUT2D eigenvalue weighted by molar-refractivity contribution is 5.45. The number of pyridine rings is 1. The van der Waals surface area contributed by atoms with Crippen LogP contribution >= 0.6 is 0 Å². The lowest BCUT2D eigenvalue weighted by Gasteiger charge is -2.39. The molecule has 1 saturated heterocycles. The Labute approximate surface area is 96.8 Å². The van der Waals surface area contributed by atoms with Crippen molar-refractivity contribution in [2.45, 2.75) is 13.0 Å². The van der Waals surface area contributed by atoms with Crippen molar-refractivity contribution in [2.75, 3.05) is 38.7 Å². The van der Waals surface area contributed by atoms with Gasteiger partial charge in [-0.25, -0.2) is 4.98 Å². The first-order chi connectivity index (χ1) is 7.70. The van der Waals surface area contributed by atoms with Gasteiger partial charge in [0.15, 0.2) is 0 Å². The molecule has 1 aromatic rings. The van der Waals surface area contributed by atoms with E-state index < -0.39 is 0 Å². The molecule has 1 atom stereocenters. The van der Waals surface area contributed by atoms with Gasteiger partial charge in [0.05, 0.1) is 7.11 Å². The van der Waals surface area contributed by atoms with Crippen LogP contribution in [0.4, 0.5) is 5.82 Å². The molecule has 88 valence electrons. The van der Waals surface area contributed by atoms with Crippen LogP contribution in [-0.4, -0.2) is 49.7 Å². The van der Waals surface area contributed by atoms with E-state index >= 15 is 0 Å². The van der Waals surface area contributed by atoms with Crippen LogP contribution in [0.15, 0.2) is 18.3 Å². The summed E-state index contributed by atoms with van der Waals surface area (Å²) in [5.74, 6) is 1.89. The van der Waals surface area contributed by atoms with Gasteiger partial charge in [-0.15, -0.1) is 0 Å². The molecule has 4 heteroatoms. The van der Waals surface area contributed by atoms with E-state index in [1.165, 1.54) is 0 Å². The molecule has 1 fully saturated rings. The Kier molecular flexibility index (Phi) is 3.29. The van der Waals surface area contributed by atoms with Crippen LogP contribution < -0.4 is 9.64 Å². The van der Waals surface area contributed by atoms with Gasteiger partial charge >= 0.3 is 0 Å². The van der Waals surface area contributed by atoms with Crippen molar-refractivity contribution in [2.24, 2.45) is 0 Å². The minimum absolute atomic E-state index is 0.498. The fourth-order valence-electron chi connectivity index (χ4n) is 2.16. The number of hydrogen-bond acceptors (Lipinski definition) is 4. The first kappa shape index (κ1) is 11.2. The van der Waals surface area contributed by atoms with Crippen LogP contribution in [0.5, 0.6) is 5.75 Å². The Hall–Kier alpha value is -1.29. The smallest absolute Gasteiger partial charge is 0.132 e. The van der Waals surface area contributed by atoms with E-state index in [0.717, 1.165) is 31.2 Å². The number of likely N-dealkylation sites (N-methyl/N-ethyl adjacent to an activating group) is 1. The average Bonchev–Trinajstić information content (AvgIpc) is 2.29. The number of methoxy groups -OCH3 is 1. The lowest BCUT2D eigenvalue weighted by Crippen LogP contribution is -2.50. The molecule has 16 heavy (non-hydrogen) atoms. The lowest BCUT2D eigenvalue weighted by atomic mass is 10.2. The zero-order valence-corrected chi connectivity index (χ0v) is 10.2. The summed E-state index contributed by atoms with van der Waals surface area (Å²) in [6, 6.07) is 4.38. The van der Waals surface area contributed by atoms with Crippen LogP contribution in [0, 0.1) is 0 Å². The molecule has 0 aromatic carbocycles. The summed E-state index contributed by atoms with van der Waals surface area (Å²) in [7, 11) is 3.85. The van der Waals surface area contributed by atoms with Crippen LogP contribution in [0.2, 0.25) is 0 Å². The van der Waals surface area contributed by atoms with E-state index in [-0.39, 0.29) is 0 Å². The summed E-state index contributed by atoms with van der Waals surface area (Å²) in [4.78, 5) is 9.10. The second kappa shape index (κ2) is 4.70. The van der Waals surface area contributed by atoms with Gasteiger partial charge in [0.25, 0.3) is 0 Å². The molecule has 1 aliphatic rings. The normalized spacial score (nSPS) is 22.2. The Morgan fingerprint density at radius 1 is 1.44 bits per heavy atom. The third-order valence-electron chi connectivity index (χ3n) is 3.08. The molecule has 0 N–H and O–H groups in total. The maximum Gasteiger partial charge on any atom is 0.132 e. The quantitative estimate of drug-likeness (QED) is 0.751. The lowest BCUT2D eigenvalue weighted by molar-refractivity contribution is 0.274. The van der Waals surface area contributed by atoms with Gasteiger partial charge in [-0.3, -0.25) is 0 Å². The second-order valence-electron chi connectivity index (χ2n) is 4.36. The number of piperazine rings is 1. The minimum atomic E-state index is 0.498. The van der Waals surface area contributed by atoms with Crippen molar-refractivity contribution in [1.82, 2.24) is 9.88 Å². The Balaban J connectivity index is 2.16. The summed E-state index contributed by atoms with van der Waals surface area (Å²) in [5, 5.41) is 0. The van der Waals surface area contributed by atoms with E-state index in [0.29, 0.717) is 6.04 Å². The summed E-state index contributed by atoms with van der Waals surface area (Å²) < 4.78 is 5.22. The SMILES string of the molecule is COc1ccnc(N2CCN(C)C[C@H]2C)c1. The van der Waals surface area contributed by atoms with Gasteiger partial charge in [0.2, 0.25) is 0 Å². The van der Waals surface area contributed by atoms with Crippen LogP contribution in [-0.2, 0) is 0 Å². The van der Waals surface area contributed by atoms with Crippen molar-refractivity contribution >= 4 is 5.82 Å². The Bertz CT molecular complexity index is 356. The fraction of sp³-hybridized carbons (Fsp3) is 0.583. The molecular weight excluding hydrogens is 202 g/mol. The van der Waals surface area contributed by atoms with E-state index in [1.54, 1.807) is 13.3 Å². The molecule has 0 radical (unpaired) electrons. The molecule has 0 bridgehead atoms. The molecule has 1 aliphatic heterocycles. The van der Waals surface area contributed by atoms with Gasteiger partial charge in [0.1, 0.15) is 11.6 Å². The maximum absolute atomic E-state index is 5.22. The highest BCUT2D eigenvalue weighted by Crippen LogP contribution is 2.21. The van der Waals surface area contributed by atoms with Gasteiger partial charge in [-0.2, -0.15) is 0 Å². The van der Waals surface area contributed by atoms with Crippen molar-refractivity contribution in [3.63, 3.8) is 0 Å². The number of hydrogen-bond donors (Lipinski definition) is 0. The van der Waals surface area contributed by atoms with Crippen LogP contribution in [0.25, 0.3) is 0 Å². The average molecular weight is 221 g/mol. The topological polar surface area (TPSA) is 28.6 Å². The minimum Gasteiger partial charge on any atom is -0.497 e. The van der Waals surface area contributed by atoms with E-state index in [9.17, 15) is 0 Å². The molecular formula is C12H19N3O. The first-order valence-electron chi connectivity index (χ1n) is 5.66. The monoisotopic (exact) mass is 221 g/mol. The third kappa shape index (κ3) is 2.27. The van der Waals surface area contributed by atoms with Gasteiger partial charge in [-0.05, 0) is 20.0 Å². The summed E-state index contributed by atoms with van der Waals surface area (Å²) in [6.45, 7) is 5.43. The number of nitrogens with zero attached hydrogens (tertiary/aromatic N) is 3. The van der Waals surface area contributed by atoms with Gasteiger partial charge < -0.3 is 14.5 Å². The molecule has 0 aliphatic carbocycles. The summed E-state index contributed by atoms with van der Waals surface area (Å²) in [5.41, 5.74) is 0. The van der Waals surface area contributed by atoms with E-state index in [1.807, 2.05) is 12.1 Å². The molecule has 1 aromatic heterocycles. The molecule has 0 spiro atoms. The van der Waals surface area contributed by atoms with E-state index in [4.69, 9.17) is 4.74 Å². The Morgan fingerprint density at radius 3 is 2.94 bits per heavy atom. The fourth-order valence-corrected chi connectivity index (χ4v) is 2.16. The van der Waals surface area contributed by atoms with E-state index in [2.05, 4.69) is 28.8 Å². The van der Waals surface area contributed by atoms with Crippen molar-refractivity contribution in [3.8, 4) is 5.75 Å². The zero-order chi connectivity index (χ0) is 11.5. The first-order valence-corrected chi connectivity index (χ1v) is 5.66. The highest BCUT2D eigenvalue weighted by atomic mass is 16.5. The molecule has 0 saturated carbocycles. The van der Waals surface area contributed by atoms with Crippen LogP contribution in [0.1, 0.15) is 6.92 Å². The highest BCUT2D eigenvalue weighted by Gasteiger charge is 2.22. The summed E-state index contributed by atoms with van der Waals surface area (Å²) >= 11 is 0. The maximum atomic E-state index is 5.22. The van der Waals surface area contributed by atoms with Crippen molar-refractivity contribution in [3.05, 3.63) is 18.3 Å². The predicted molar refractivity (Wildman–Crippen MR) is 65.1 cm³/mol. The van der Waals surface area contributed by atoms with Crippen molar-refractivity contribution < 1.29 is 4.74 Å². The number of rotatable bonds is 2. The number of anilines is 1. The van der Waals surface area contributed by atoms with Gasteiger partial charge in [0, 0.05) is 37.9 Å². The largest absolute Gasteiger partial charge is 0.497 e. The summed E-state index contributed by atoms with van der Waals surface area (Å²) in [6.07, 6.45) is 1.80. The zero-order valence-electron chi connectivity index (χ0n) is 10.2. The third-order valence-corrected chi connectivity index (χ3v) is 3.08. The molecule has 4 nitrogen and oxygen atoms in total. The predicted octanol–water partition coefficient (Wildman–Crippen LogP) is 1.23. The second-order valence-corrected chi connectivity index (χ2v) is 4.36. The molecule has 2 rings (SSSR count). The van der Waals surface area contributed by atoms with Crippen LogP contribution in [0.3, 0.4) is 0 Å². The van der Waals surface area contributed by atoms with Crippen molar-refractivity contribution in [1.29, 1.82) is 0 Å². The number of ether oxygens (including phenoxy) is 1. The molecule has 0 amide bonds. The molecule has 0 unspecified atom stereocenters. The number of aromatic nitrogens is 1. The standard InChI is InChI=1S/C12H19N3O/c1-10-9-14(2)6-7-15(10)12-8-11(16-3)4-5-13-12/h4-5,8,10H,6-7,9H2,1-3H3/t10-/m1/s1. The molecule has 2 heterocycles. The Morgan fingerprint density at radius 2 is 2.25 bits per heavy atom. The van der Waals surface area contributed by atoms with Gasteiger partial charge in [-0.1, -0.05) is 0 Å².